The number of ether oxygens (including phenoxy) is 1. The average molecular weight is 207 g/mol. The van der Waals surface area contributed by atoms with Crippen LogP contribution in [0.4, 0.5) is 5.69 Å². The van der Waals surface area contributed by atoms with E-state index in [-0.39, 0.29) is 5.75 Å². The predicted octanol–water partition coefficient (Wildman–Crippen LogP) is 2.09. The summed E-state index contributed by atoms with van der Waals surface area (Å²) >= 11 is 0. The molecule has 82 valence electrons. The van der Waals surface area contributed by atoms with Crippen LogP contribution < -0.4 is 5.73 Å². The highest BCUT2D eigenvalue weighted by Crippen LogP contribution is 2.23. The summed E-state index contributed by atoms with van der Waals surface area (Å²) in [7, 11) is 0. The molecule has 0 radical (unpaired) electrons. The quantitative estimate of drug-likeness (QED) is 0.730. The van der Waals surface area contributed by atoms with Crippen molar-refractivity contribution in [2.24, 2.45) is 0 Å². The average Bonchev–Trinajstić information content (AvgIpc) is 2.24. The molecule has 1 saturated heterocycles. The number of hydrogen-bond acceptors (Lipinski definition) is 3. The van der Waals surface area contributed by atoms with Crippen LogP contribution in [-0.4, -0.2) is 17.8 Å². The van der Waals surface area contributed by atoms with E-state index in [2.05, 4.69) is 0 Å². The van der Waals surface area contributed by atoms with Crippen molar-refractivity contribution in [3.8, 4) is 5.75 Å². The molecule has 1 aromatic rings. The van der Waals surface area contributed by atoms with E-state index in [4.69, 9.17) is 10.5 Å². The van der Waals surface area contributed by atoms with E-state index in [0.29, 0.717) is 11.8 Å². The summed E-state index contributed by atoms with van der Waals surface area (Å²) in [6, 6.07) is 5.15. The van der Waals surface area contributed by atoms with Crippen molar-refractivity contribution in [1.82, 2.24) is 0 Å². The van der Waals surface area contributed by atoms with E-state index >= 15 is 0 Å². The third kappa shape index (κ3) is 2.63. The molecule has 0 aliphatic carbocycles. The van der Waals surface area contributed by atoms with E-state index in [0.717, 1.165) is 25.0 Å². The number of rotatable bonds is 2. The molecule has 0 saturated carbocycles. The molecular formula is C12H17NO2. The second kappa shape index (κ2) is 4.53. The van der Waals surface area contributed by atoms with Crippen LogP contribution in [0.25, 0.3) is 0 Å². The summed E-state index contributed by atoms with van der Waals surface area (Å²) in [4.78, 5) is 0. The fourth-order valence-corrected chi connectivity index (χ4v) is 1.98. The molecular weight excluding hydrogens is 190 g/mol. The first kappa shape index (κ1) is 10.3. The Morgan fingerprint density at radius 2 is 2.27 bits per heavy atom. The van der Waals surface area contributed by atoms with Gasteiger partial charge < -0.3 is 15.6 Å². The lowest BCUT2D eigenvalue weighted by molar-refractivity contribution is 0.0169. The highest BCUT2D eigenvalue weighted by molar-refractivity contribution is 5.51. The Morgan fingerprint density at radius 3 is 2.93 bits per heavy atom. The Hall–Kier alpha value is -1.22. The van der Waals surface area contributed by atoms with E-state index in [9.17, 15) is 5.11 Å². The van der Waals surface area contributed by atoms with Gasteiger partial charge in [-0.2, -0.15) is 0 Å². The monoisotopic (exact) mass is 207 g/mol. The number of benzene rings is 1. The van der Waals surface area contributed by atoms with Crippen molar-refractivity contribution >= 4 is 5.69 Å². The maximum atomic E-state index is 9.23. The molecule has 3 nitrogen and oxygen atoms in total. The molecule has 2 rings (SSSR count). The first-order chi connectivity index (χ1) is 7.25. The van der Waals surface area contributed by atoms with Gasteiger partial charge in [0, 0.05) is 24.8 Å². The zero-order valence-electron chi connectivity index (χ0n) is 8.78. The fraction of sp³-hybridized carbons (Fsp3) is 0.500. The van der Waals surface area contributed by atoms with E-state index in [1.165, 1.54) is 12.8 Å². The minimum atomic E-state index is 0.223. The summed E-state index contributed by atoms with van der Waals surface area (Å²) < 4.78 is 5.65. The van der Waals surface area contributed by atoms with Gasteiger partial charge >= 0.3 is 0 Å². The van der Waals surface area contributed by atoms with E-state index in [1.54, 1.807) is 12.1 Å². The van der Waals surface area contributed by atoms with Crippen molar-refractivity contribution in [3.63, 3.8) is 0 Å². The molecule has 0 bridgehead atoms. The zero-order valence-corrected chi connectivity index (χ0v) is 8.78. The van der Waals surface area contributed by atoms with E-state index < -0.39 is 0 Å². The lowest BCUT2D eigenvalue weighted by Crippen LogP contribution is -2.21. The fourth-order valence-electron chi connectivity index (χ4n) is 1.98. The molecule has 3 heteroatoms. The van der Waals surface area contributed by atoms with Gasteiger partial charge in [-0.05, 0) is 30.9 Å². The molecule has 1 aliphatic rings. The third-order valence-electron chi connectivity index (χ3n) is 2.85. The van der Waals surface area contributed by atoms with Gasteiger partial charge in [-0.25, -0.2) is 0 Å². The third-order valence-corrected chi connectivity index (χ3v) is 2.85. The molecule has 0 spiro atoms. The van der Waals surface area contributed by atoms with Crippen molar-refractivity contribution in [2.45, 2.75) is 31.8 Å². The second-order valence-electron chi connectivity index (χ2n) is 4.08. The number of phenolic OH excluding ortho intramolecular Hbond substituents is 1. The summed E-state index contributed by atoms with van der Waals surface area (Å²) in [5, 5.41) is 9.23. The largest absolute Gasteiger partial charge is 0.508 e. The summed E-state index contributed by atoms with van der Waals surface area (Å²) in [6.45, 7) is 0.864. The topological polar surface area (TPSA) is 55.5 Å². The van der Waals surface area contributed by atoms with Gasteiger partial charge in [0.1, 0.15) is 5.75 Å². The molecule has 1 aliphatic heterocycles. The van der Waals surface area contributed by atoms with Gasteiger partial charge in [-0.3, -0.25) is 0 Å². The Morgan fingerprint density at radius 1 is 1.40 bits per heavy atom. The number of phenols is 1. The summed E-state index contributed by atoms with van der Waals surface area (Å²) in [6.07, 6.45) is 4.67. The van der Waals surface area contributed by atoms with Gasteiger partial charge in [0.2, 0.25) is 0 Å². The molecule has 0 amide bonds. The molecule has 15 heavy (non-hydrogen) atoms. The van der Waals surface area contributed by atoms with Gasteiger partial charge in [-0.1, -0.05) is 6.07 Å². The Bertz CT molecular complexity index is 332. The first-order valence-electron chi connectivity index (χ1n) is 5.44. The van der Waals surface area contributed by atoms with Crippen LogP contribution in [-0.2, 0) is 11.2 Å². The molecule has 3 N–H and O–H groups in total. The van der Waals surface area contributed by atoms with Crippen molar-refractivity contribution in [3.05, 3.63) is 23.8 Å². The van der Waals surface area contributed by atoms with Crippen LogP contribution in [0.2, 0.25) is 0 Å². The normalized spacial score (nSPS) is 21.5. The molecule has 1 heterocycles. The molecule has 1 atom stereocenters. The van der Waals surface area contributed by atoms with Crippen molar-refractivity contribution < 1.29 is 9.84 Å². The van der Waals surface area contributed by atoms with Crippen molar-refractivity contribution in [2.75, 3.05) is 12.3 Å². The van der Waals surface area contributed by atoms with Crippen LogP contribution in [0.1, 0.15) is 24.8 Å². The Balaban J connectivity index is 2.03. The summed E-state index contributed by atoms with van der Waals surface area (Å²) in [5.41, 5.74) is 7.55. The predicted molar refractivity (Wildman–Crippen MR) is 59.8 cm³/mol. The number of anilines is 1. The van der Waals surface area contributed by atoms with Crippen molar-refractivity contribution in [1.29, 1.82) is 0 Å². The molecule has 0 aromatic heterocycles. The Kier molecular flexibility index (Phi) is 3.11. The second-order valence-corrected chi connectivity index (χ2v) is 4.08. The number of hydrogen-bond donors (Lipinski definition) is 2. The standard InChI is InChI=1S/C12H17NO2/c13-12-8-10(14)5-4-9(12)7-11-3-1-2-6-15-11/h4-5,8,11,14H,1-3,6-7,13H2. The highest BCUT2D eigenvalue weighted by Gasteiger charge is 2.15. The lowest BCUT2D eigenvalue weighted by atomic mass is 10.00. The van der Waals surface area contributed by atoms with Gasteiger partial charge in [0.05, 0.1) is 6.10 Å². The number of nitrogen functional groups attached to an aromatic ring is 1. The minimum Gasteiger partial charge on any atom is -0.508 e. The van der Waals surface area contributed by atoms with Gasteiger partial charge in [0.15, 0.2) is 0 Å². The Labute approximate surface area is 89.9 Å². The number of aromatic hydroxyl groups is 1. The van der Waals surface area contributed by atoms with Crippen LogP contribution in [0.15, 0.2) is 18.2 Å². The van der Waals surface area contributed by atoms with Gasteiger partial charge in [-0.15, -0.1) is 0 Å². The number of nitrogens with two attached hydrogens (primary N) is 1. The van der Waals surface area contributed by atoms with Crippen LogP contribution in [0.5, 0.6) is 5.75 Å². The minimum absolute atomic E-state index is 0.223. The zero-order chi connectivity index (χ0) is 10.7. The SMILES string of the molecule is Nc1cc(O)ccc1CC1CCCCO1. The molecule has 1 aromatic carbocycles. The lowest BCUT2D eigenvalue weighted by Gasteiger charge is -2.23. The van der Waals surface area contributed by atoms with Crippen LogP contribution >= 0.6 is 0 Å². The smallest absolute Gasteiger partial charge is 0.117 e. The van der Waals surface area contributed by atoms with Crippen LogP contribution in [0.3, 0.4) is 0 Å². The highest BCUT2D eigenvalue weighted by atomic mass is 16.5. The maximum absolute atomic E-state index is 9.23. The first-order valence-corrected chi connectivity index (χ1v) is 5.44. The van der Waals surface area contributed by atoms with Crippen LogP contribution in [0, 0.1) is 0 Å². The van der Waals surface area contributed by atoms with Gasteiger partial charge in [0.25, 0.3) is 0 Å². The summed E-state index contributed by atoms with van der Waals surface area (Å²) in [5.74, 6) is 0.223. The van der Waals surface area contributed by atoms with E-state index in [1.807, 2.05) is 6.07 Å². The molecule has 1 unspecified atom stereocenters. The molecule has 1 fully saturated rings. The maximum Gasteiger partial charge on any atom is 0.117 e.